The zero-order valence-corrected chi connectivity index (χ0v) is 11.2. The molecule has 2 aromatic rings. The van der Waals surface area contributed by atoms with Crippen molar-refractivity contribution in [1.29, 1.82) is 0 Å². The molecular weight excluding hydrogens is 287 g/mol. The van der Waals surface area contributed by atoms with Crippen LogP contribution in [0.15, 0.2) is 30.5 Å². The minimum atomic E-state index is -0.957. The molecule has 0 fully saturated rings. The topological polar surface area (TPSA) is 76.2 Å². The molecule has 0 unspecified atom stereocenters. The summed E-state index contributed by atoms with van der Waals surface area (Å²) in [6.45, 7) is 0. The van der Waals surface area contributed by atoms with Gasteiger partial charge in [-0.3, -0.25) is 9.78 Å². The summed E-state index contributed by atoms with van der Waals surface area (Å²) in [5.74, 6) is -0.957. The summed E-state index contributed by atoms with van der Waals surface area (Å²) in [5, 5.41) is 9.62. The quantitative estimate of drug-likeness (QED) is 0.911. The molecule has 1 aromatic heterocycles. The lowest BCUT2D eigenvalue weighted by Gasteiger charge is -2.08. The molecule has 1 heterocycles. The highest BCUT2D eigenvalue weighted by molar-refractivity contribution is 6.43. The number of nitrogens with zero attached hydrogens (tertiary/aromatic N) is 1. The third-order valence-corrected chi connectivity index (χ3v) is 3.41. The highest BCUT2D eigenvalue weighted by Gasteiger charge is 2.11. The molecule has 6 heteroatoms. The molecule has 0 spiro atoms. The molecule has 0 saturated heterocycles. The van der Waals surface area contributed by atoms with Crippen LogP contribution in [0.4, 0.5) is 5.69 Å². The predicted octanol–water partition coefficient (Wildman–Crippen LogP) is 3.26. The zero-order valence-electron chi connectivity index (χ0n) is 9.73. The summed E-state index contributed by atoms with van der Waals surface area (Å²) in [4.78, 5) is 14.9. The van der Waals surface area contributed by atoms with Crippen LogP contribution in [0, 0.1) is 0 Å². The normalized spacial score (nSPS) is 10.4. The van der Waals surface area contributed by atoms with Crippen LogP contribution >= 0.6 is 23.2 Å². The lowest BCUT2D eigenvalue weighted by molar-refractivity contribution is -0.136. The van der Waals surface area contributed by atoms with Crippen molar-refractivity contribution in [2.45, 2.75) is 6.42 Å². The minimum Gasteiger partial charge on any atom is -0.481 e. The van der Waals surface area contributed by atoms with E-state index in [2.05, 4.69) is 4.98 Å². The molecule has 0 saturated carbocycles. The fourth-order valence-electron chi connectivity index (χ4n) is 1.67. The van der Waals surface area contributed by atoms with E-state index in [4.69, 9.17) is 34.0 Å². The molecular formula is C13H10Cl2N2O2. The first kappa shape index (κ1) is 13.6. The molecule has 0 aliphatic carbocycles. The van der Waals surface area contributed by atoms with Gasteiger partial charge in [0.05, 0.1) is 34.0 Å². The predicted molar refractivity (Wildman–Crippen MR) is 75.4 cm³/mol. The zero-order chi connectivity index (χ0) is 14.0. The Hall–Kier alpha value is -1.78. The van der Waals surface area contributed by atoms with E-state index in [0.717, 1.165) is 0 Å². The van der Waals surface area contributed by atoms with Crippen LogP contribution in [0.3, 0.4) is 0 Å². The van der Waals surface area contributed by atoms with Gasteiger partial charge < -0.3 is 10.8 Å². The van der Waals surface area contributed by atoms with Gasteiger partial charge in [0, 0.05) is 5.56 Å². The standard InChI is InChI=1S/C13H10Cl2N2O2/c14-9-3-1-2-8(13(9)15)11-4-7(5-12(18)19)10(16)6-17-11/h1-4,6H,5,16H2,(H,18,19). The van der Waals surface area contributed by atoms with Crippen LogP contribution in [0.25, 0.3) is 11.3 Å². The van der Waals surface area contributed by atoms with Crippen molar-refractivity contribution in [3.63, 3.8) is 0 Å². The molecule has 19 heavy (non-hydrogen) atoms. The fourth-order valence-corrected chi connectivity index (χ4v) is 2.07. The van der Waals surface area contributed by atoms with E-state index < -0.39 is 5.97 Å². The van der Waals surface area contributed by atoms with Gasteiger partial charge in [0.2, 0.25) is 0 Å². The van der Waals surface area contributed by atoms with Gasteiger partial charge in [0.15, 0.2) is 0 Å². The Morgan fingerprint density at radius 2 is 2.11 bits per heavy atom. The molecule has 2 rings (SSSR count). The Bertz CT molecular complexity index is 645. The van der Waals surface area contributed by atoms with Gasteiger partial charge in [-0.1, -0.05) is 35.3 Å². The smallest absolute Gasteiger partial charge is 0.307 e. The van der Waals surface area contributed by atoms with Crippen LogP contribution in [0.2, 0.25) is 10.0 Å². The van der Waals surface area contributed by atoms with E-state index in [-0.39, 0.29) is 6.42 Å². The Labute approximate surface area is 119 Å². The van der Waals surface area contributed by atoms with Crippen molar-refractivity contribution in [3.8, 4) is 11.3 Å². The summed E-state index contributed by atoms with van der Waals surface area (Å²) < 4.78 is 0. The number of hydrogen-bond donors (Lipinski definition) is 2. The number of carbonyl (C=O) groups is 1. The lowest BCUT2D eigenvalue weighted by atomic mass is 10.1. The SMILES string of the molecule is Nc1cnc(-c2cccc(Cl)c2Cl)cc1CC(=O)O. The van der Waals surface area contributed by atoms with Crippen LogP contribution in [-0.4, -0.2) is 16.1 Å². The maximum Gasteiger partial charge on any atom is 0.307 e. The van der Waals surface area contributed by atoms with Gasteiger partial charge in [-0.25, -0.2) is 0 Å². The Morgan fingerprint density at radius 1 is 1.37 bits per heavy atom. The first-order valence-corrected chi connectivity index (χ1v) is 6.15. The van der Waals surface area contributed by atoms with Gasteiger partial charge in [-0.15, -0.1) is 0 Å². The van der Waals surface area contributed by atoms with Crippen molar-refractivity contribution >= 4 is 34.9 Å². The molecule has 4 nitrogen and oxygen atoms in total. The number of rotatable bonds is 3. The second kappa shape index (κ2) is 5.47. The van der Waals surface area contributed by atoms with E-state index in [9.17, 15) is 4.79 Å². The Balaban J connectivity index is 2.51. The number of pyridine rings is 1. The van der Waals surface area contributed by atoms with E-state index in [1.54, 1.807) is 24.3 Å². The van der Waals surface area contributed by atoms with Crippen LogP contribution in [-0.2, 0) is 11.2 Å². The first-order chi connectivity index (χ1) is 8.99. The van der Waals surface area contributed by atoms with Crippen molar-refractivity contribution in [3.05, 3.63) is 46.1 Å². The largest absolute Gasteiger partial charge is 0.481 e. The van der Waals surface area contributed by atoms with Crippen molar-refractivity contribution < 1.29 is 9.90 Å². The number of halogens is 2. The third-order valence-electron chi connectivity index (χ3n) is 2.59. The molecule has 0 amide bonds. The molecule has 0 aliphatic rings. The number of anilines is 1. The molecule has 3 N–H and O–H groups in total. The van der Waals surface area contributed by atoms with Gasteiger partial charge in [-0.05, 0) is 17.7 Å². The number of carboxylic acid groups (broad SMARTS) is 1. The van der Waals surface area contributed by atoms with Gasteiger partial charge >= 0.3 is 5.97 Å². The second-order valence-electron chi connectivity index (χ2n) is 3.94. The molecule has 0 aliphatic heterocycles. The van der Waals surface area contributed by atoms with Crippen molar-refractivity contribution in [2.24, 2.45) is 0 Å². The maximum atomic E-state index is 10.8. The number of benzene rings is 1. The molecule has 0 bridgehead atoms. The van der Waals surface area contributed by atoms with Crippen LogP contribution in [0.1, 0.15) is 5.56 Å². The Kier molecular flexibility index (Phi) is 3.93. The number of aromatic nitrogens is 1. The van der Waals surface area contributed by atoms with Crippen molar-refractivity contribution in [1.82, 2.24) is 4.98 Å². The summed E-state index contributed by atoms with van der Waals surface area (Å²) in [6, 6.07) is 6.79. The number of nitrogen functional groups attached to an aromatic ring is 1. The maximum absolute atomic E-state index is 10.8. The van der Waals surface area contributed by atoms with E-state index in [0.29, 0.717) is 32.6 Å². The average molecular weight is 297 g/mol. The highest BCUT2D eigenvalue weighted by Crippen LogP contribution is 2.33. The van der Waals surface area contributed by atoms with Crippen LogP contribution < -0.4 is 5.73 Å². The lowest BCUT2D eigenvalue weighted by Crippen LogP contribution is -2.04. The number of aliphatic carboxylic acids is 1. The molecule has 0 atom stereocenters. The fraction of sp³-hybridized carbons (Fsp3) is 0.0769. The summed E-state index contributed by atoms with van der Waals surface area (Å²) in [5.41, 5.74) is 7.71. The number of hydrogen-bond acceptors (Lipinski definition) is 3. The van der Waals surface area contributed by atoms with Gasteiger partial charge in [0.25, 0.3) is 0 Å². The minimum absolute atomic E-state index is 0.167. The van der Waals surface area contributed by atoms with E-state index >= 15 is 0 Å². The third kappa shape index (κ3) is 2.97. The summed E-state index contributed by atoms with van der Waals surface area (Å²) >= 11 is 12.0. The number of carboxylic acids is 1. The monoisotopic (exact) mass is 296 g/mol. The van der Waals surface area contributed by atoms with E-state index in [1.165, 1.54) is 6.20 Å². The van der Waals surface area contributed by atoms with Gasteiger partial charge in [-0.2, -0.15) is 0 Å². The van der Waals surface area contributed by atoms with Crippen molar-refractivity contribution in [2.75, 3.05) is 5.73 Å². The van der Waals surface area contributed by atoms with Crippen LogP contribution in [0.5, 0.6) is 0 Å². The molecule has 0 radical (unpaired) electrons. The average Bonchev–Trinajstić information content (AvgIpc) is 2.35. The summed E-state index contributed by atoms with van der Waals surface area (Å²) in [6.07, 6.45) is 1.25. The number of nitrogens with two attached hydrogens (primary N) is 1. The van der Waals surface area contributed by atoms with E-state index in [1.807, 2.05) is 0 Å². The highest BCUT2D eigenvalue weighted by atomic mass is 35.5. The first-order valence-electron chi connectivity index (χ1n) is 5.39. The molecule has 1 aromatic carbocycles. The summed E-state index contributed by atoms with van der Waals surface area (Å²) in [7, 11) is 0. The molecule has 98 valence electrons. The van der Waals surface area contributed by atoms with Gasteiger partial charge in [0.1, 0.15) is 0 Å². The Morgan fingerprint density at radius 3 is 2.79 bits per heavy atom. The second-order valence-corrected chi connectivity index (χ2v) is 4.73.